The molecule has 0 bridgehead atoms. The Balaban J connectivity index is 1.97. The molecule has 0 saturated heterocycles. The zero-order chi connectivity index (χ0) is 26.1. The van der Waals surface area contributed by atoms with Gasteiger partial charge in [-0.05, 0) is 56.9 Å². The fourth-order valence-corrected chi connectivity index (χ4v) is 7.24. The minimum Gasteiger partial charge on any atom is -0.468 e. The van der Waals surface area contributed by atoms with Crippen LogP contribution < -0.4 is 5.32 Å². The summed E-state index contributed by atoms with van der Waals surface area (Å²) in [5.41, 5.74) is -1.15. The normalized spacial score (nSPS) is 39.9. The number of Topliss-reactive ketones (excluding diaryl/α,β-unsaturated/α-hetero) is 1. The van der Waals surface area contributed by atoms with E-state index in [9.17, 15) is 24.3 Å². The number of esters is 3. The van der Waals surface area contributed by atoms with Crippen LogP contribution >= 0.6 is 0 Å². The van der Waals surface area contributed by atoms with Gasteiger partial charge in [-0.1, -0.05) is 19.4 Å². The molecule has 0 spiro atoms. The molecule has 3 saturated carbocycles. The molecule has 3 fully saturated rings. The number of methoxy groups -OCH3 is 1. The predicted molar refractivity (Wildman–Crippen MR) is 126 cm³/mol. The van der Waals surface area contributed by atoms with E-state index < -0.39 is 52.6 Å². The van der Waals surface area contributed by atoms with E-state index in [1.807, 2.05) is 13.8 Å². The Labute approximate surface area is 206 Å². The standard InChI is InChI=1S/C26H39NO8/c1-14-16(13-19(29)34-12-11-27-5)7-8-17-20(14)21(30)22(31)23-25(17,3)10-9-18(35-15(2)28)26(23,4)24(32)33-6/h13-14,17-18,20-21,23,27,30H,7-12H2,1-6H3/b16-13+/t14-,17-,18-,20-,21+,23+,25+,26-/m0/s1. The second-order valence-corrected chi connectivity index (χ2v) is 10.7. The van der Waals surface area contributed by atoms with E-state index >= 15 is 0 Å². The summed E-state index contributed by atoms with van der Waals surface area (Å²) in [5, 5.41) is 14.2. The van der Waals surface area contributed by atoms with Gasteiger partial charge >= 0.3 is 17.9 Å². The molecule has 3 aliphatic rings. The fraction of sp³-hybridized carbons (Fsp3) is 0.769. The van der Waals surface area contributed by atoms with E-state index in [1.54, 1.807) is 14.0 Å². The van der Waals surface area contributed by atoms with Gasteiger partial charge in [-0.3, -0.25) is 14.4 Å². The van der Waals surface area contributed by atoms with E-state index in [2.05, 4.69) is 5.32 Å². The van der Waals surface area contributed by atoms with Crippen molar-refractivity contribution in [1.29, 1.82) is 0 Å². The number of ether oxygens (including phenoxy) is 3. The van der Waals surface area contributed by atoms with E-state index in [1.165, 1.54) is 20.1 Å². The first-order chi connectivity index (χ1) is 16.4. The molecule has 0 aromatic rings. The maximum absolute atomic E-state index is 13.8. The third-order valence-corrected chi connectivity index (χ3v) is 8.86. The van der Waals surface area contributed by atoms with Crippen LogP contribution in [0.3, 0.4) is 0 Å². The van der Waals surface area contributed by atoms with Gasteiger partial charge in [0.1, 0.15) is 24.2 Å². The van der Waals surface area contributed by atoms with Crippen molar-refractivity contribution in [3.63, 3.8) is 0 Å². The summed E-state index contributed by atoms with van der Waals surface area (Å²) in [6, 6.07) is 0. The Hall–Kier alpha value is -2.26. The molecule has 2 N–H and O–H groups in total. The Morgan fingerprint density at radius 2 is 1.91 bits per heavy atom. The topological polar surface area (TPSA) is 128 Å². The van der Waals surface area contributed by atoms with Crippen LogP contribution in [-0.2, 0) is 33.4 Å². The highest BCUT2D eigenvalue weighted by Crippen LogP contribution is 2.64. The fourth-order valence-electron chi connectivity index (χ4n) is 7.24. The summed E-state index contributed by atoms with van der Waals surface area (Å²) in [7, 11) is 3.03. The number of fused-ring (bicyclic) bond motifs is 3. The van der Waals surface area contributed by atoms with Gasteiger partial charge in [-0.25, -0.2) is 4.79 Å². The first-order valence-corrected chi connectivity index (χ1v) is 12.4. The van der Waals surface area contributed by atoms with Crippen molar-refractivity contribution >= 4 is 23.7 Å². The summed E-state index contributed by atoms with van der Waals surface area (Å²) in [6.45, 7) is 7.66. The lowest BCUT2D eigenvalue weighted by atomic mass is 9.41. The van der Waals surface area contributed by atoms with E-state index in [0.29, 0.717) is 32.2 Å². The minimum absolute atomic E-state index is 0.0603. The molecule has 3 aliphatic carbocycles. The molecule has 0 unspecified atom stereocenters. The number of aliphatic hydroxyl groups is 1. The van der Waals surface area contributed by atoms with Crippen LogP contribution in [0.4, 0.5) is 0 Å². The average molecular weight is 494 g/mol. The Bertz CT molecular complexity index is 900. The number of carbonyl (C=O) groups excluding carboxylic acids is 4. The summed E-state index contributed by atoms with van der Waals surface area (Å²) in [6.07, 6.45) is 1.66. The zero-order valence-corrected chi connectivity index (χ0v) is 21.6. The summed E-state index contributed by atoms with van der Waals surface area (Å²) < 4.78 is 15.9. The largest absolute Gasteiger partial charge is 0.468 e. The lowest BCUT2D eigenvalue weighted by Gasteiger charge is -2.62. The monoisotopic (exact) mass is 493 g/mol. The number of ketones is 1. The molecular formula is C26H39NO8. The Morgan fingerprint density at radius 1 is 1.23 bits per heavy atom. The quantitative estimate of drug-likeness (QED) is 0.246. The molecular weight excluding hydrogens is 454 g/mol. The van der Waals surface area contributed by atoms with Crippen LogP contribution in [0.1, 0.15) is 53.4 Å². The Kier molecular flexibility index (Phi) is 8.11. The first-order valence-electron chi connectivity index (χ1n) is 12.4. The molecule has 9 nitrogen and oxygen atoms in total. The third-order valence-electron chi connectivity index (χ3n) is 8.86. The van der Waals surface area contributed by atoms with Crippen molar-refractivity contribution < 1.29 is 38.5 Å². The molecule has 196 valence electrons. The number of allylic oxidation sites excluding steroid dienone is 1. The van der Waals surface area contributed by atoms with Gasteiger partial charge in [-0.15, -0.1) is 0 Å². The summed E-state index contributed by atoms with van der Waals surface area (Å²) >= 11 is 0. The van der Waals surface area contributed by atoms with Gasteiger partial charge in [-0.2, -0.15) is 0 Å². The zero-order valence-electron chi connectivity index (χ0n) is 21.6. The van der Waals surface area contributed by atoms with Crippen molar-refractivity contribution in [2.45, 2.75) is 65.6 Å². The number of rotatable bonds is 6. The SMILES string of the molecule is CNCCOC(=O)/C=C1\CC[C@H]2[C@@H]([C@@H](O)C(=O)[C@@H]3[C@]2(C)CC[C@H](OC(C)=O)[C@]3(C)C(=O)OC)[C@H]1C. The molecule has 0 aliphatic heterocycles. The number of hydrogen-bond acceptors (Lipinski definition) is 9. The number of hydrogen-bond donors (Lipinski definition) is 2. The van der Waals surface area contributed by atoms with Crippen LogP contribution in [0.5, 0.6) is 0 Å². The molecule has 0 aromatic heterocycles. The molecule has 35 heavy (non-hydrogen) atoms. The average Bonchev–Trinajstić information content (AvgIpc) is 2.80. The first kappa shape index (κ1) is 27.3. The van der Waals surface area contributed by atoms with Crippen LogP contribution in [-0.4, -0.2) is 68.3 Å². The summed E-state index contributed by atoms with van der Waals surface area (Å²) in [5.74, 6) is -3.52. The van der Waals surface area contributed by atoms with Gasteiger partial charge < -0.3 is 24.6 Å². The number of likely N-dealkylation sites (N-methyl/N-ethyl adjacent to an activating group) is 1. The maximum atomic E-state index is 13.8. The molecule has 9 heteroatoms. The molecule has 0 amide bonds. The molecule has 0 heterocycles. The van der Waals surface area contributed by atoms with Gasteiger partial charge in [0.2, 0.25) is 0 Å². The smallest absolute Gasteiger partial charge is 0.330 e. The molecule has 8 atom stereocenters. The van der Waals surface area contributed by atoms with Crippen LogP contribution in [0, 0.1) is 34.5 Å². The van der Waals surface area contributed by atoms with Crippen molar-refractivity contribution in [2.24, 2.45) is 34.5 Å². The van der Waals surface area contributed by atoms with Gasteiger partial charge in [0.05, 0.1) is 7.11 Å². The second-order valence-electron chi connectivity index (χ2n) is 10.7. The van der Waals surface area contributed by atoms with E-state index in [0.717, 1.165) is 5.57 Å². The van der Waals surface area contributed by atoms with Gasteiger partial charge in [0, 0.05) is 31.4 Å². The molecule has 0 aromatic carbocycles. The highest BCUT2D eigenvalue weighted by molar-refractivity contribution is 5.94. The lowest BCUT2D eigenvalue weighted by Crippen LogP contribution is -2.68. The predicted octanol–water partition coefficient (Wildman–Crippen LogP) is 1.81. The van der Waals surface area contributed by atoms with Crippen molar-refractivity contribution in [3.05, 3.63) is 11.6 Å². The highest BCUT2D eigenvalue weighted by atomic mass is 16.6. The van der Waals surface area contributed by atoms with Gasteiger partial charge in [0.15, 0.2) is 5.78 Å². The van der Waals surface area contributed by atoms with Crippen molar-refractivity contribution in [2.75, 3.05) is 27.3 Å². The molecule has 0 radical (unpaired) electrons. The van der Waals surface area contributed by atoms with Crippen molar-refractivity contribution in [1.82, 2.24) is 5.32 Å². The second kappa shape index (κ2) is 10.4. The highest BCUT2D eigenvalue weighted by Gasteiger charge is 2.69. The Morgan fingerprint density at radius 3 is 2.51 bits per heavy atom. The third kappa shape index (κ3) is 4.65. The van der Waals surface area contributed by atoms with Crippen LogP contribution in [0.15, 0.2) is 11.6 Å². The van der Waals surface area contributed by atoms with Gasteiger partial charge in [0.25, 0.3) is 0 Å². The number of nitrogens with one attached hydrogen (secondary N) is 1. The van der Waals surface area contributed by atoms with E-state index in [-0.39, 0.29) is 24.4 Å². The lowest BCUT2D eigenvalue weighted by molar-refractivity contribution is -0.215. The van der Waals surface area contributed by atoms with Crippen LogP contribution in [0.2, 0.25) is 0 Å². The maximum Gasteiger partial charge on any atom is 0.330 e. The molecule has 3 rings (SSSR count). The van der Waals surface area contributed by atoms with Crippen molar-refractivity contribution in [3.8, 4) is 0 Å². The van der Waals surface area contributed by atoms with E-state index in [4.69, 9.17) is 14.2 Å². The minimum atomic E-state index is -1.41. The van der Waals surface area contributed by atoms with Crippen LogP contribution in [0.25, 0.3) is 0 Å². The summed E-state index contributed by atoms with van der Waals surface area (Å²) in [4.78, 5) is 51.1. The number of aliphatic hydroxyl groups excluding tert-OH is 1. The number of carbonyl (C=O) groups is 4.